The summed E-state index contributed by atoms with van der Waals surface area (Å²) in [5.74, 6) is 0. The Morgan fingerprint density at radius 3 is 1.71 bits per heavy atom. The fourth-order valence-electron chi connectivity index (χ4n) is 6.94. The molecule has 0 bridgehead atoms. The van der Waals surface area contributed by atoms with Gasteiger partial charge in [0.05, 0.1) is 22.1 Å². The van der Waals surface area contributed by atoms with E-state index in [2.05, 4.69) is 161 Å². The van der Waals surface area contributed by atoms with Crippen molar-refractivity contribution in [2.24, 2.45) is 0 Å². The molecule has 8 aromatic rings. The fourth-order valence-corrected chi connectivity index (χ4v) is 8.12. The first kappa shape index (κ1) is 23.6. The van der Waals surface area contributed by atoms with Crippen molar-refractivity contribution in [2.45, 2.75) is 15.6 Å². The van der Waals surface area contributed by atoms with Gasteiger partial charge in [-0.25, -0.2) is 4.98 Å². The first-order valence-electron chi connectivity index (χ1n) is 14.2. The second-order valence-corrected chi connectivity index (χ2v) is 11.8. The Balaban J connectivity index is 1.40. The summed E-state index contributed by atoms with van der Waals surface area (Å²) in [4.78, 5) is 6.42. The number of fused-ring (bicyclic) bond motifs is 7. The lowest BCUT2D eigenvalue weighted by Crippen LogP contribution is -2.40. The van der Waals surface area contributed by atoms with Gasteiger partial charge in [0.1, 0.15) is 5.54 Å². The molecule has 0 spiro atoms. The number of para-hydroxylation sites is 4. The molecule has 0 saturated heterocycles. The molecule has 6 aromatic carbocycles. The second-order valence-electron chi connectivity index (χ2n) is 10.8. The highest BCUT2D eigenvalue weighted by Gasteiger charge is 2.45. The first-order chi connectivity index (χ1) is 20.8. The van der Waals surface area contributed by atoms with Crippen LogP contribution in [0.2, 0.25) is 0 Å². The van der Waals surface area contributed by atoms with Gasteiger partial charge in [-0.05, 0) is 47.5 Å². The maximum Gasteiger partial charge on any atom is 0.175 e. The molecule has 42 heavy (non-hydrogen) atoms. The molecule has 0 fully saturated rings. The average Bonchev–Trinajstić information content (AvgIpc) is 3.60. The fraction of sp³-hybridized carbons (Fsp3) is 0.0263. The van der Waals surface area contributed by atoms with Crippen molar-refractivity contribution in [1.29, 1.82) is 0 Å². The van der Waals surface area contributed by atoms with E-state index in [1.54, 1.807) is 11.8 Å². The van der Waals surface area contributed by atoms with Gasteiger partial charge in [-0.3, -0.25) is 4.57 Å². The Bertz CT molecular complexity index is 2190. The highest BCUT2D eigenvalue weighted by atomic mass is 32.2. The Labute approximate surface area is 247 Å². The normalized spacial score (nSPS) is 13.8. The summed E-state index contributed by atoms with van der Waals surface area (Å²) < 4.78 is 4.86. The quantitative estimate of drug-likeness (QED) is 0.217. The summed E-state index contributed by atoms with van der Waals surface area (Å²) in [6.45, 7) is 0. The molecule has 3 nitrogen and oxygen atoms in total. The molecule has 198 valence electrons. The van der Waals surface area contributed by atoms with Crippen molar-refractivity contribution in [3.05, 3.63) is 168 Å². The molecule has 0 N–H and O–H groups in total. The van der Waals surface area contributed by atoms with E-state index in [0.29, 0.717) is 0 Å². The van der Waals surface area contributed by atoms with Crippen LogP contribution in [0.4, 0.5) is 0 Å². The van der Waals surface area contributed by atoms with Crippen LogP contribution in [-0.2, 0) is 5.54 Å². The van der Waals surface area contributed by atoms with Crippen molar-refractivity contribution < 1.29 is 0 Å². The van der Waals surface area contributed by atoms with E-state index in [-0.39, 0.29) is 0 Å². The Hall–Kier alpha value is -5.06. The van der Waals surface area contributed by atoms with Crippen molar-refractivity contribution >= 4 is 44.6 Å². The van der Waals surface area contributed by atoms with Gasteiger partial charge < -0.3 is 4.57 Å². The number of hydrogen-bond acceptors (Lipinski definition) is 2. The number of benzene rings is 6. The summed E-state index contributed by atoms with van der Waals surface area (Å²) in [5, 5.41) is 3.53. The van der Waals surface area contributed by atoms with Crippen molar-refractivity contribution in [2.75, 3.05) is 0 Å². The van der Waals surface area contributed by atoms with Crippen molar-refractivity contribution in [1.82, 2.24) is 14.1 Å². The van der Waals surface area contributed by atoms with Crippen LogP contribution in [-0.4, -0.2) is 14.1 Å². The summed E-state index contributed by atoms with van der Waals surface area (Å²) in [5.41, 5.74) is 8.81. The molecule has 3 heterocycles. The molecule has 2 aromatic heterocycles. The lowest BCUT2D eigenvalue weighted by Gasteiger charge is -2.42. The van der Waals surface area contributed by atoms with Crippen LogP contribution >= 0.6 is 11.8 Å². The molecule has 0 aliphatic carbocycles. The number of hydrogen-bond donors (Lipinski definition) is 0. The van der Waals surface area contributed by atoms with Crippen LogP contribution in [0.25, 0.3) is 38.5 Å². The number of nitrogens with zero attached hydrogens (tertiary/aromatic N) is 3. The number of imidazole rings is 1. The molecule has 0 unspecified atom stereocenters. The van der Waals surface area contributed by atoms with Crippen molar-refractivity contribution in [3.63, 3.8) is 0 Å². The minimum Gasteiger partial charge on any atom is -0.309 e. The summed E-state index contributed by atoms with van der Waals surface area (Å²) in [7, 11) is 0. The molecule has 0 atom stereocenters. The average molecular weight is 556 g/mol. The largest absolute Gasteiger partial charge is 0.309 e. The minimum atomic E-state index is -0.589. The second kappa shape index (κ2) is 8.97. The number of rotatable bonds is 3. The Morgan fingerprint density at radius 1 is 0.524 bits per heavy atom. The maximum atomic E-state index is 5.21. The first-order valence-corrected chi connectivity index (χ1v) is 15.1. The van der Waals surface area contributed by atoms with Gasteiger partial charge in [-0.15, -0.1) is 0 Å². The molecule has 4 heteroatoms. The third-order valence-corrected chi connectivity index (χ3v) is 9.66. The summed E-state index contributed by atoms with van der Waals surface area (Å²) in [6.07, 6.45) is 0. The molecule has 1 aliphatic heterocycles. The van der Waals surface area contributed by atoms with E-state index >= 15 is 0 Å². The van der Waals surface area contributed by atoms with E-state index < -0.39 is 5.54 Å². The SMILES string of the molecule is c1ccc(C2(c3ccccc3)c3ccc(-n4c5ccccc5c5ccccc54)cc3Sc3nc4ccccc4n32)cc1. The zero-order valence-electron chi connectivity index (χ0n) is 22.7. The lowest BCUT2D eigenvalue weighted by atomic mass is 9.76. The van der Waals surface area contributed by atoms with E-state index in [0.717, 1.165) is 21.9 Å². The highest BCUT2D eigenvalue weighted by Crippen LogP contribution is 2.53. The van der Waals surface area contributed by atoms with E-state index in [9.17, 15) is 0 Å². The Morgan fingerprint density at radius 2 is 1.07 bits per heavy atom. The molecule has 0 radical (unpaired) electrons. The third kappa shape index (κ3) is 3.16. The van der Waals surface area contributed by atoms with Gasteiger partial charge >= 0.3 is 0 Å². The van der Waals surface area contributed by atoms with Gasteiger partial charge in [-0.1, -0.05) is 127 Å². The van der Waals surface area contributed by atoms with Crippen LogP contribution < -0.4 is 0 Å². The van der Waals surface area contributed by atoms with Crippen LogP contribution in [0, 0.1) is 0 Å². The zero-order valence-corrected chi connectivity index (χ0v) is 23.5. The monoisotopic (exact) mass is 555 g/mol. The Kier molecular flexibility index (Phi) is 5.05. The van der Waals surface area contributed by atoms with Gasteiger partial charge in [0.2, 0.25) is 0 Å². The highest BCUT2D eigenvalue weighted by molar-refractivity contribution is 7.99. The van der Waals surface area contributed by atoms with Gasteiger partial charge in [0.25, 0.3) is 0 Å². The van der Waals surface area contributed by atoms with Crippen LogP contribution in [0.1, 0.15) is 16.7 Å². The molecule has 0 saturated carbocycles. The van der Waals surface area contributed by atoms with Gasteiger partial charge in [0.15, 0.2) is 5.16 Å². The van der Waals surface area contributed by atoms with E-state index in [1.165, 1.54) is 43.4 Å². The standard InChI is InChI=1S/C38H25N3S/c1-3-13-26(14-4-1)38(27-15-5-2-6-16-27)31-24-23-28(25-36(31)42-37-39-32-19-9-12-22-35(32)41(37)38)40-33-20-10-7-17-29(33)30-18-8-11-21-34(30)40/h1-25H. The molecule has 1 aliphatic rings. The molecular formula is C38H25N3S. The van der Waals surface area contributed by atoms with Gasteiger partial charge in [0, 0.05) is 26.9 Å². The predicted molar refractivity (Wildman–Crippen MR) is 173 cm³/mol. The van der Waals surface area contributed by atoms with Crippen LogP contribution in [0.5, 0.6) is 0 Å². The molecular weight excluding hydrogens is 531 g/mol. The third-order valence-electron chi connectivity index (χ3n) is 8.64. The smallest absolute Gasteiger partial charge is 0.175 e. The van der Waals surface area contributed by atoms with Crippen LogP contribution in [0.15, 0.2) is 162 Å². The molecule has 9 rings (SSSR count). The zero-order chi connectivity index (χ0) is 27.7. The van der Waals surface area contributed by atoms with Crippen LogP contribution in [0.3, 0.4) is 0 Å². The van der Waals surface area contributed by atoms with E-state index in [4.69, 9.17) is 4.98 Å². The number of aromatic nitrogens is 3. The summed E-state index contributed by atoms with van der Waals surface area (Å²) in [6, 6.07) is 54.7. The maximum absolute atomic E-state index is 5.21. The minimum absolute atomic E-state index is 0.589. The van der Waals surface area contributed by atoms with Gasteiger partial charge in [-0.2, -0.15) is 0 Å². The van der Waals surface area contributed by atoms with Crippen molar-refractivity contribution in [3.8, 4) is 5.69 Å². The topological polar surface area (TPSA) is 22.8 Å². The molecule has 0 amide bonds. The summed E-state index contributed by atoms with van der Waals surface area (Å²) >= 11 is 1.76. The predicted octanol–water partition coefficient (Wildman–Crippen LogP) is 9.44. The lowest BCUT2D eigenvalue weighted by molar-refractivity contribution is 0.473. The van der Waals surface area contributed by atoms with E-state index in [1.807, 2.05) is 0 Å².